The average molecular weight is 478 g/mol. The van der Waals surface area contributed by atoms with Crippen LogP contribution >= 0.6 is 0 Å². The van der Waals surface area contributed by atoms with E-state index in [4.69, 9.17) is 10.5 Å². The largest absolute Gasteiger partial charge is 0.383 e. The van der Waals surface area contributed by atoms with Crippen LogP contribution < -0.4 is 21.7 Å². The van der Waals surface area contributed by atoms with Gasteiger partial charge in [-0.1, -0.05) is 12.1 Å². The molecule has 35 heavy (non-hydrogen) atoms. The van der Waals surface area contributed by atoms with E-state index in [0.29, 0.717) is 52.3 Å². The van der Waals surface area contributed by atoms with Crippen LogP contribution in [0.15, 0.2) is 55.0 Å². The van der Waals surface area contributed by atoms with Crippen LogP contribution in [0.2, 0.25) is 0 Å². The molecule has 180 valence electrons. The molecule has 0 fully saturated rings. The Morgan fingerprint density at radius 1 is 1.11 bits per heavy atom. The first-order valence-electron chi connectivity index (χ1n) is 10.7. The maximum absolute atomic E-state index is 13.6. The third-order valence-corrected chi connectivity index (χ3v) is 5.17. The molecule has 0 aliphatic heterocycles. The summed E-state index contributed by atoms with van der Waals surface area (Å²) in [5, 5.41) is 12.3. The van der Waals surface area contributed by atoms with Crippen molar-refractivity contribution in [3.8, 4) is 11.1 Å². The number of halogens is 1. The second kappa shape index (κ2) is 10.2. The minimum Gasteiger partial charge on any atom is -0.383 e. The Morgan fingerprint density at radius 2 is 1.86 bits per heavy atom. The van der Waals surface area contributed by atoms with Gasteiger partial charge < -0.3 is 26.4 Å². The Morgan fingerprint density at radius 3 is 2.57 bits per heavy atom. The van der Waals surface area contributed by atoms with Crippen LogP contribution in [0.4, 0.5) is 26.4 Å². The first-order chi connectivity index (χ1) is 16.9. The summed E-state index contributed by atoms with van der Waals surface area (Å²) >= 11 is 0. The van der Waals surface area contributed by atoms with Crippen molar-refractivity contribution < 1.29 is 18.7 Å². The SMILES string of the molecule is COCCNC(=O)c1cn2ncnc(N)c2c1-c1ccc(NC(=O)Nc2cc(C)cc(F)c2)cc1. The number of urea groups is 1. The molecule has 0 aliphatic carbocycles. The van der Waals surface area contributed by atoms with E-state index in [1.165, 1.54) is 23.0 Å². The predicted octanol–water partition coefficient (Wildman–Crippen LogP) is 3.45. The van der Waals surface area contributed by atoms with Crippen molar-refractivity contribution in [3.63, 3.8) is 0 Å². The molecule has 0 unspecified atom stereocenters. The maximum atomic E-state index is 13.6. The number of nitrogens with one attached hydrogen (secondary N) is 3. The molecule has 11 heteroatoms. The Kier molecular flexibility index (Phi) is 6.88. The second-order valence-electron chi connectivity index (χ2n) is 7.78. The highest BCUT2D eigenvalue weighted by atomic mass is 19.1. The van der Waals surface area contributed by atoms with Crippen molar-refractivity contribution in [1.82, 2.24) is 19.9 Å². The lowest BCUT2D eigenvalue weighted by Crippen LogP contribution is -2.27. The van der Waals surface area contributed by atoms with E-state index in [1.807, 2.05) is 0 Å². The van der Waals surface area contributed by atoms with E-state index in [9.17, 15) is 14.0 Å². The Hall–Kier alpha value is -4.51. The molecule has 2 aromatic carbocycles. The molecule has 0 saturated heterocycles. The fraction of sp³-hybridized carbons (Fsp3) is 0.167. The van der Waals surface area contributed by atoms with Crippen LogP contribution in [0.3, 0.4) is 0 Å². The van der Waals surface area contributed by atoms with Gasteiger partial charge in [0, 0.05) is 36.8 Å². The van der Waals surface area contributed by atoms with Crippen molar-refractivity contribution in [2.45, 2.75) is 6.92 Å². The Bertz CT molecular complexity index is 1370. The number of nitrogens with two attached hydrogens (primary N) is 1. The van der Waals surface area contributed by atoms with E-state index in [1.54, 1.807) is 50.6 Å². The van der Waals surface area contributed by atoms with Crippen molar-refractivity contribution in [3.05, 3.63) is 71.9 Å². The number of hydrogen-bond acceptors (Lipinski definition) is 6. The summed E-state index contributed by atoms with van der Waals surface area (Å²) in [6.45, 7) is 2.44. The van der Waals surface area contributed by atoms with E-state index in [2.05, 4.69) is 26.0 Å². The minimum absolute atomic E-state index is 0.220. The molecule has 4 aromatic rings. The van der Waals surface area contributed by atoms with Crippen molar-refractivity contribution in [2.75, 3.05) is 36.6 Å². The van der Waals surface area contributed by atoms with Gasteiger partial charge in [0.15, 0.2) is 5.82 Å². The number of carbonyl (C=O) groups is 2. The second-order valence-corrected chi connectivity index (χ2v) is 7.78. The number of carbonyl (C=O) groups excluding carboxylic acids is 2. The zero-order chi connectivity index (χ0) is 24.9. The standard InChI is InChI=1S/C24H24FN7O3/c1-14-9-16(25)11-18(10-14)31-24(34)30-17-5-3-15(4-6-17)20-19(23(33)27-7-8-35-2)12-32-21(20)22(26)28-13-29-32/h3-6,9-13H,7-8H2,1-2H3,(H,27,33)(H2,26,28,29)(H2,30,31,34). The molecule has 0 atom stereocenters. The quantitative estimate of drug-likeness (QED) is 0.301. The summed E-state index contributed by atoms with van der Waals surface area (Å²) in [6, 6.07) is 10.6. The number of nitrogens with zero attached hydrogens (tertiary/aromatic N) is 3. The van der Waals surface area contributed by atoms with Crippen molar-refractivity contribution >= 4 is 34.6 Å². The molecular weight excluding hydrogens is 453 g/mol. The lowest BCUT2D eigenvalue weighted by Gasteiger charge is -2.10. The van der Waals surface area contributed by atoms with Crippen LogP contribution in [0.5, 0.6) is 0 Å². The van der Waals surface area contributed by atoms with E-state index >= 15 is 0 Å². The number of rotatable bonds is 7. The molecule has 0 bridgehead atoms. The molecule has 4 rings (SSSR count). The van der Waals surface area contributed by atoms with Gasteiger partial charge >= 0.3 is 6.03 Å². The van der Waals surface area contributed by atoms with Crippen LogP contribution in [0.25, 0.3) is 16.6 Å². The fourth-order valence-electron chi connectivity index (χ4n) is 3.68. The summed E-state index contributed by atoms with van der Waals surface area (Å²) < 4.78 is 20.1. The number of amides is 3. The Balaban J connectivity index is 1.59. The van der Waals surface area contributed by atoms with Crippen LogP contribution in [-0.4, -0.2) is 46.8 Å². The van der Waals surface area contributed by atoms with Crippen LogP contribution in [0, 0.1) is 12.7 Å². The van der Waals surface area contributed by atoms with Gasteiger partial charge in [-0.3, -0.25) is 4.79 Å². The van der Waals surface area contributed by atoms with Crippen LogP contribution in [-0.2, 0) is 4.74 Å². The molecule has 0 saturated carbocycles. The molecule has 0 spiro atoms. The fourth-order valence-corrected chi connectivity index (χ4v) is 3.68. The van der Waals surface area contributed by atoms with Gasteiger partial charge in [0.1, 0.15) is 17.7 Å². The number of fused-ring (bicyclic) bond motifs is 1. The van der Waals surface area contributed by atoms with Gasteiger partial charge in [-0.2, -0.15) is 5.10 Å². The highest BCUT2D eigenvalue weighted by Gasteiger charge is 2.21. The number of anilines is 3. The normalized spacial score (nSPS) is 10.8. The van der Waals surface area contributed by atoms with Gasteiger partial charge in [0.2, 0.25) is 0 Å². The van der Waals surface area contributed by atoms with Gasteiger partial charge in [0.05, 0.1) is 12.2 Å². The van der Waals surface area contributed by atoms with Crippen molar-refractivity contribution in [2.24, 2.45) is 0 Å². The lowest BCUT2D eigenvalue weighted by molar-refractivity contribution is 0.0937. The van der Waals surface area contributed by atoms with E-state index in [0.717, 1.165) is 0 Å². The summed E-state index contributed by atoms with van der Waals surface area (Å²) in [4.78, 5) is 29.3. The van der Waals surface area contributed by atoms with Gasteiger partial charge in [-0.15, -0.1) is 0 Å². The van der Waals surface area contributed by atoms with Gasteiger partial charge in [-0.05, 0) is 48.4 Å². The number of nitrogen functional groups attached to an aromatic ring is 1. The van der Waals surface area contributed by atoms with Crippen molar-refractivity contribution in [1.29, 1.82) is 0 Å². The summed E-state index contributed by atoms with van der Waals surface area (Å²) in [5.74, 6) is -0.526. The zero-order valence-electron chi connectivity index (χ0n) is 19.1. The summed E-state index contributed by atoms with van der Waals surface area (Å²) in [5.41, 5.74) is 9.73. The monoisotopic (exact) mass is 477 g/mol. The molecule has 0 aliphatic rings. The number of aromatic nitrogens is 3. The summed E-state index contributed by atoms with van der Waals surface area (Å²) in [7, 11) is 1.55. The molecule has 10 nitrogen and oxygen atoms in total. The predicted molar refractivity (Wildman–Crippen MR) is 131 cm³/mol. The van der Waals surface area contributed by atoms with Crippen LogP contribution in [0.1, 0.15) is 15.9 Å². The maximum Gasteiger partial charge on any atom is 0.323 e. The average Bonchev–Trinajstić information content (AvgIpc) is 3.20. The Labute approximate surface area is 200 Å². The number of benzene rings is 2. The van der Waals surface area contributed by atoms with E-state index in [-0.39, 0.29) is 11.7 Å². The molecule has 2 aromatic heterocycles. The minimum atomic E-state index is -0.520. The molecular formula is C24H24FN7O3. The third kappa shape index (κ3) is 5.36. The third-order valence-electron chi connectivity index (χ3n) is 5.17. The first kappa shape index (κ1) is 23.6. The zero-order valence-corrected chi connectivity index (χ0v) is 19.1. The molecule has 3 amide bonds. The van der Waals surface area contributed by atoms with Gasteiger partial charge in [0.25, 0.3) is 5.91 Å². The lowest BCUT2D eigenvalue weighted by atomic mass is 10.0. The van der Waals surface area contributed by atoms with Gasteiger partial charge in [-0.25, -0.2) is 18.7 Å². The van der Waals surface area contributed by atoms with E-state index < -0.39 is 11.8 Å². The highest BCUT2D eigenvalue weighted by Crippen LogP contribution is 2.33. The molecule has 5 N–H and O–H groups in total. The first-order valence-corrected chi connectivity index (χ1v) is 10.7. The number of ether oxygens (including phenoxy) is 1. The summed E-state index contributed by atoms with van der Waals surface area (Å²) in [6.07, 6.45) is 2.90. The highest BCUT2D eigenvalue weighted by molar-refractivity contribution is 6.07. The number of methoxy groups -OCH3 is 1. The topological polar surface area (TPSA) is 136 Å². The smallest absolute Gasteiger partial charge is 0.323 e. The number of aryl methyl sites for hydroxylation is 1. The molecule has 0 radical (unpaired) electrons. The number of hydrogen-bond donors (Lipinski definition) is 4. The molecule has 2 heterocycles.